The first-order chi connectivity index (χ1) is 14.1. The first-order valence-electron chi connectivity index (χ1n) is 11.5. The molecule has 2 aliphatic heterocycles. The second-order valence-corrected chi connectivity index (χ2v) is 10.3. The summed E-state index contributed by atoms with van der Waals surface area (Å²) in [7, 11) is 0. The number of rotatable bonds is 4. The van der Waals surface area contributed by atoms with E-state index in [2.05, 4.69) is 12.1 Å². The van der Waals surface area contributed by atoms with Crippen molar-refractivity contribution in [2.75, 3.05) is 39.4 Å². The summed E-state index contributed by atoms with van der Waals surface area (Å²) in [6.07, 6.45) is 8.09. The van der Waals surface area contributed by atoms with Crippen molar-refractivity contribution in [2.45, 2.75) is 43.9 Å². The van der Waals surface area contributed by atoms with Gasteiger partial charge >= 0.3 is 0 Å². The SMILES string of the molecule is O=C1c2ccc(C34CC5CC(CC(C5)C3)C4)cc2C(=O)N1CC[NH+]1CCOCC1. The molecule has 1 aromatic carbocycles. The van der Waals surface area contributed by atoms with E-state index >= 15 is 0 Å². The number of nitrogens with one attached hydrogen (secondary N) is 1. The van der Waals surface area contributed by atoms with Crippen LogP contribution in [0.15, 0.2) is 18.2 Å². The molecule has 154 valence electrons. The van der Waals surface area contributed by atoms with Crippen LogP contribution in [0.25, 0.3) is 0 Å². The van der Waals surface area contributed by atoms with Gasteiger partial charge in [-0.1, -0.05) is 6.07 Å². The van der Waals surface area contributed by atoms with E-state index in [1.165, 1.54) is 53.9 Å². The van der Waals surface area contributed by atoms with Gasteiger partial charge in [-0.25, -0.2) is 0 Å². The smallest absolute Gasteiger partial charge is 0.261 e. The molecule has 7 rings (SSSR count). The molecule has 1 N–H and O–H groups in total. The molecule has 0 unspecified atom stereocenters. The Morgan fingerprint density at radius 1 is 0.931 bits per heavy atom. The highest BCUT2D eigenvalue weighted by molar-refractivity contribution is 6.21. The Morgan fingerprint density at radius 2 is 1.55 bits per heavy atom. The maximum Gasteiger partial charge on any atom is 0.261 e. The van der Waals surface area contributed by atoms with Crippen LogP contribution in [0.1, 0.15) is 64.8 Å². The Bertz CT molecular complexity index is 822. The zero-order valence-corrected chi connectivity index (χ0v) is 17.1. The predicted molar refractivity (Wildman–Crippen MR) is 108 cm³/mol. The molecule has 2 heterocycles. The summed E-state index contributed by atoms with van der Waals surface area (Å²) in [4.78, 5) is 28.9. The van der Waals surface area contributed by atoms with Gasteiger partial charge in [0.2, 0.25) is 0 Å². The number of carbonyl (C=O) groups is 2. The molecule has 5 heteroatoms. The maximum atomic E-state index is 13.1. The molecule has 29 heavy (non-hydrogen) atoms. The molecule has 0 spiro atoms. The predicted octanol–water partition coefficient (Wildman–Crippen LogP) is 1.67. The minimum atomic E-state index is -0.102. The van der Waals surface area contributed by atoms with E-state index in [4.69, 9.17) is 4.74 Å². The van der Waals surface area contributed by atoms with Crippen molar-refractivity contribution in [3.63, 3.8) is 0 Å². The molecule has 4 aliphatic carbocycles. The molecule has 4 bridgehead atoms. The summed E-state index contributed by atoms with van der Waals surface area (Å²) in [5, 5.41) is 0. The maximum absolute atomic E-state index is 13.1. The van der Waals surface area contributed by atoms with Gasteiger partial charge in [-0.2, -0.15) is 0 Å². The summed E-state index contributed by atoms with van der Waals surface area (Å²) in [6, 6.07) is 6.23. The van der Waals surface area contributed by atoms with Crippen LogP contribution in [-0.2, 0) is 10.2 Å². The van der Waals surface area contributed by atoms with E-state index in [-0.39, 0.29) is 17.2 Å². The van der Waals surface area contributed by atoms with Crippen molar-refractivity contribution in [1.29, 1.82) is 0 Å². The Kier molecular flexibility index (Phi) is 4.14. The van der Waals surface area contributed by atoms with Gasteiger partial charge in [0.15, 0.2) is 0 Å². The van der Waals surface area contributed by atoms with E-state index in [9.17, 15) is 9.59 Å². The lowest BCUT2D eigenvalue weighted by molar-refractivity contribution is -0.907. The monoisotopic (exact) mass is 395 g/mol. The zero-order chi connectivity index (χ0) is 19.6. The fourth-order valence-electron chi connectivity index (χ4n) is 7.47. The second kappa shape index (κ2) is 6.64. The Hall–Kier alpha value is -1.72. The van der Waals surface area contributed by atoms with E-state index in [1.54, 1.807) is 0 Å². The standard InChI is InChI=1S/C24H30N2O3/c27-22-20-2-1-19(24-13-16-9-17(14-24)11-18(10-16)15-24)12-21(20)23(28)26(22)4-3-25-5-7-29-8-6-25/h1-2,12,16-18H,3-11,13-15H2/p+1. The molecular formula is C24H31N2O3+. The number of nitrogens with zero attached hydrogens (tertiary/aromatic N) is 1. The first kappa shape index (κ1) is 18.1. The molecule has 6 aliphatic rings. The third-order valence-corrected chi connectivity index (χ3v) is 8.51. The normalized spacial score (nSPS) is 36.1. The Morgan fingerprint density at radius 3 is 2.21 bits per heavy atom. The lowest BCUT2D eigenvalue weighted by Gasteiger charge is -2.57. The van der Waals surface area contributed by atoms with Crippen LogP contribution in [0.5, 0.6) is 0 Å². The van der Waals surface area contributed by atoms with Crippen molar-refractivity contribution in [2.24, 2.45) is 17.8 Å². The van der Waals surface area contributed by atoms with Crippen molar-refractivity contribution in [3.8, 4) is 0 Å². The lowest BCUT2D eigenvalue weighted by Crippen LogP contribution is -3.14. The van der Waals surface area contributed by atoms with Gasteiger partial charge in [-0.05, 0) is 79.4 Å². The Balaban J connectivity index is 1.24. The van der Waals surface area contributed by atoms with Gasteiger partial charge in [-0.15, -0.1) is 0 Å². The molecule has 1 aromatic rings. The molecule has 4 saturated carbocycles. The van der Waals surface area contributed by atoms with Crippen molar-refractivity contribution in [3.05, 3.63) is 34.9 Å². The topological polar surface area (TPSA) is 51.0 Å². The number of hydrogen-bond acceptors (Lipinski definition) is 3. The first-order valence-corrected chi connectivity index (χ1v) is 11.5. The van der Waals surface area contributed by atoms with Crippen molar-refractivity contribution < 1.29 is 19.2 Å². The van der Waals surface area contributed by atoms with Gasteiger partial charge in [0.1, 0.15) is 13.1 Å². The molecule has 0 atom stereocenters. The average molecular weight is 396 g/mol. The summed E-state index contributed by atoms with van der Waals surface area (Å²) in [6.45, 7) is 4.78. The quantitative estimate of drug-likeness (QED) is 0.789. The highest BCUT2D eigenvalue weighted by Gasteiger charge is 2.52. The number of morpholine rings is 1. The number of benzene rings is 1. The van der Waals surface area contributed by atoms with Gasteiger partial charge in [0.05, 0.1) is 37.4 Å². The van der Waals surface area contributed by atoms with E-state index in [0.29, 0.717) is 17.7 Å². The van der Waals surface area contributed by atoms with Crippen LogP contribution in [0, 0.1) is 17.8 Å². The van der Waals surface area contributed by atoms with Gasteiger partial charge in [0, 0.05) is 0 Å². The van der Waals surface area contributed by atoms with E-state index in [0.717, 1.165) is 50.6 Å². The van der Waals surface area contributed by atoms with Crippen LogP contribution >= 0.6 is 0 Å². The molecule has 5 nitrogen and oxygen atoms in total. The number of quaternary nitrogens is 1. The highest BCUT2D eigenvalue weighted by Crippen LogP contribution is 2.60. The molecular weight excluding hydrogens is 364 g/mol. The molecule has 5 fully saturated rings. The second-order valence-electron chi connectivity index (χ2n) is 10.3. The summed E-state index contributed by atoms with van der Waals surface area (Å²) in [5.41, 5.74) is 2.86. The fraction of sp³-hybridized carbons (Fsp3) is 0.667. The van der Waals surface area contributed by atoms with Crippen LogP contribution in [-0.4, -0.2) is 56.1 Å². The van der Waals surface area contributed by atoms with Crippen molar-refractivity contribution in [1.82, 2.24) is 4.90 Å². The third kappa shape index (κ3) is 2.89. The minimum absolute atomic E-state index is 0.0794. The van der Waals surface area contributed by atoms with Crippen LogP contribution in [0.2, 0.25) is 0 Å². The number of ether oxygens (including phenoxy) is 1. The van der Waals surface area contributed by atoms with E-state index < -0.39 is 0 Å². The zero-order valence-electron chi connectivity index (χ0n) is 17.1. The summed E-state index contributed by atoms with van der Waals surface area (Å²) in [5.74, 6) is 2.44. The van der Waals surface area contributed by atoms with Crippen LogP contribution in [0.3, 0.4) is 0 Å². The lowest BCUT2D eigenvalue weighted by atomic mass is 9.48. The van der Waals surface area contributed by atoms with Gasteiger partial charge in [0.25, 0.3) is 11.8 Å². The summed E-state index contributed by atoms with van der Waals surface area (Å²) >= 11 is 0. The minimum Gasteiger partial charge on any atom is -0.370 e. The largest absolute Gasteiger partial charge is 0.370 e. The van der Waals surface area contributed by atoms with E-state index in [1.807, 2.05) is 6.07 Å². The number of amides is 2. The van der Waals surface area contributed by atoms with Crippen molar-refractivity contribution >= 4 is 11.8 Å². The third-order valence-electron chi connectivity index (χ3n) is 8.51. The molecule has 1 saturated heterocycles. The van der Waals surface area contributed by atoms with Crippen LogP contribution < -0.4 is 4.90 Å². The average Bonchev–Trinajstić information content (AvgIpc) is 2.96. The fourth-order valence-corrected chi connectivity index (χ4v) is 7.47. The Labute approximate surface area is 172 Å². The highest BCUT2D eigenvalue weighted by atomic mass is 16.5. The number of hydrogen-bond donors (Lipinski definition) is 1. The molecule has 2 amide bonds. The molecule has 0 radical (unpaired) electrons. The summed E-state index contributed by atoms with van der Waals surface area (Å²) < 4.78 is 5.41. The van der Waals surface area contributed by atoms with Gasteiger partial charge < -0.3 is 9.64 Å². The number of imide groups is 1. The van der Waals surface area contributed by atoms with Gasteiger partial charge in [-0.3, -0.25) is 14.5 Å². The number of carbonyl (C=O) groups excluding carboxylic acids is 2. The van der Waals surface area contributed by atoms with Crippen LogP contribution in [0.4, 0.5) is 0 Å². The molecule has 0 aromatic heterocycles. The number of fused-ring (bicyclic) bond motifs is 1.